The first-order valence-corrected chi connectivity index (χ1v) is 15.5. The maximum Gasteiger partial charge on any atom is 0.339 e. The van der Waals surface area contributed by atoms with Crippen LogP contribution in [-0.2, 0) is 14.9 Å². The van der Waals surface area contributed by atoms with Crippen molar-refractivity contribution in [3.05, 3.63) is 95.6 Å². The van der Waals surface area contributed by atoms with Crippen molar-refractivity contribution in [2.45, 2.75) is 18.7 Å². The van der Waals surface area contributed by atoms with Gasteiger partial charge in [0.05, 0.1) is 17.1 Å². The first-order chi connectivity index (χ1) is 22.7. The molecular formula is C33H27N5O9S. The van der Waals surface area contributed by atoms with Crippen molar-refractivity contribution in [1.29, 1.82) is 0 Å². The van der Waals surface area contributed by atoms with Gasteiger partial charge in [-0.25, -0.2) is 4.79 Å². The van der Waals surface area contributed by atoms with Crippen molar-refractivity contribution in [1.82, 2.24) is 0 Å². The lowest BCUT2D eigenvalue weighted by Crippen LogP contribution is -2.12. The Morgan fingerprint density at radius 2 is 1.38 bits per heavy atom. The Balaban J connectivity index is 1.41. The molecule has 0 fully saturated rings. The number of aryl methyl sites for hydroxylation is 2. The van der Waals surface area contributed by atoms with E-state index >= 15 is 0 Å². The summed E-state index contributed by atoms with van der Waals surface area (Å²) in [4.78, 5) is 21.5. The van der Waals surface area contributed by atoms with E-state index in [1.54, 1.807) is 25.1 Å². The Morgan fingerprint density at radius 1 is 0.750 bits per heavy atom. The van der Waals surface area contributed by atoms with Gasteiger partial charge in [-0.05, 0) is 108 Å². The van der Waals surface area contributed by atoms with Crippen molar-refractivity contribution in [3.8, 4) is 22.6 Å². The Hall–Kier alpha value is -6.19. The molecule has 0 aliphatic heterocycles. The summed E-state index contributed by atoms with van der Waals surface area (Å²) in [5.41, 5.74) is 3.89. The molecule has 0 saturated heterocycles. The van der Waals surface area contributed by atoms with Crippen molar-refractivity contribution < 1.29 is 43.0 Å². The molecule has 5 aromatic carbocycles. The number of aromatic carboxylic acids is 1. The standard InChI is InChI=1S/C33H27N5O9S/c1-17-11-19(3-8-26(17)36-35-23-6-10-28(39)25(15-23)33(43)44)20-4-9-27(18(2)12-20)37-38-31-29(48(45,46)47)14-21-13-22(34-16-30(40)41)5-7-24(21)32(31)42/h3-15,34,39,42H,16H2,1-2H3,(H,40,41)(H,43,44)(H,45,46,47). The van der Waals surface area contributed by atoms with Gasteiger partial charge in [0.1, 0.15) is 28.4 Å². The fourth-order valence-electron chi connectivity index (χ4n) is 4.80. The Kier molecular flexibility index (Phi) is 9.17. The van der Waals surface area contributed by atoms with E-state index in [1.807, 2.05) is 25.1 Å². The first kappa shape index (κ1) is 33.2. The third kappa shape index (κ3) is 7.27. The van der Waals surface area contributed by atoms with Crippen LogP contribution < -0.4 is 5.32 Å². The fraction of sp³-hybridized carbons (Fsp3) is 0.0909. The van der Waals surface area contributed by atoms with Crippen LogP contribution in [0.2, 0.25) is 0 Å². The van der Waals surface area contributed by atoms with E-state index in [0.29, 0.717) is 22.6 Å². The second kappa shape index (κ2) is 13.3. The lowest BCUT2D eigenvalue weighted by atomic mass is 10.0. The van der Waals surface area contributed by atoms with Crippen LogP contribution in [0.4, 0.5) is 28.4 Å². The number of hydrogen-bond donors (Lipinski definition) is 6. The molecule has 5 aromatic rings. The summed E-state index contributed by atoms with van der Waals surface area (Å²) < 4.78 is 34.4. The van der Waals surface area contributed by atoms with Crippen LogP contribution in [-0.4, -0.2) is 51.9 Å². The molecule has 6 N–H and O–H groups in total. The highest BCUT2D eigenvalue weighted by atomic mass is 32.2. The number of anilines is 1. The predicted octanol–water partition coefficient (Wildman–Crippen LogP) is 7.81. The topological polar surface area (TPSA) is 231 Å². The molecule has 14 nitrogen and oxygen atoms in total. The van der Waals surface area contributed by atoms with Crippen molar-refractivity contribution >= 4 is 61.3 Å². The molecule has 48 heavy (non-hydrogen) atoms. The number of rotatable bonds is 10. The average molecular weight is 670 g/mol. The van der Waals surface area contributed by atoms with Gasteiger partial charge in [-0.15, -0.1) is 5.11 Å². The van der Waals surface area contributed by atoms with E-state index in [1.165, 1.54) is 36.4 Å². The van der Waals surface area contributed by atoms with Gasteiger partial charge in [0.2, 0.25) is 0 Å². The smallest absolute Gasteiger partial charge is 0.339 e. The van der Waals surface area contributed by atoms with E-state index in [9.17, 15) is 37.9 Å². The number of carboxylic acid groups (broad SMARTS) is 2. The number of nitrogens with zero attached hydrogens (tertiary/aromatic N) is 4. The van der Waals surface area contributed by atoms with Gasteiger partial charge in [0.25, 0.3) is 10.1 Å². The molecule has 244 valence electrons. The minimum Gasteiger partial charge on any atom is -0.507 e. The third-order valence-electron chi connectivity index (χ3n) is 7.24. The zero-order chi connectivity index (χ0) is 34.7. The largest absolute Gasteiger partial charge is 0.507 e. The van der Waals surface area contributed by atoms with Gasteiger partial charge in [0, 0.05) is 11.1 Å². The predicted molar refractivity (Wildman–Crippen MR) is 176 cm³/mol. The molecule has 0 bridgehead atoms. The second-order valence-electron chi connectivity index (χ2n) is 10.6. The lowest BCUT2D eigenvalue weighted by molar-refractivity contribution is -0.134. The molecule has 0 amide bonds. The number of phenolic OH excluding ortho intramolecular Hbond substituents is 1. The van der Waals surface area contributed by atoms with E-state index in [0.717, 1.165) is 22.8 Å². The number of fused-ring (bicyclic) bond motifs is 1. The minimum absolute atomic E-state index is 0.204. The zero-order valence-corrected chi connectivity index (χ0v) is 26.1. The maximum absolute atomic E-state index is 12.3. The number of nitrogens with one attached hydrogen (secondary N) is 1. The Bertz CT molecular complexity index is 2290. The van der Waals surface area contributed by atoms with Gasteiger partial charge in [-0.1, -0.05) is 12.1 Å². The summed E-state index contributed by atoms with van der Waals surface area (Å²) in [6.45, 7) is 3.22. The van der Waals surface area contributed by atoms with Crippen LogP contribution in [0.15, 0.2) is 104 Å². The number of aliphatic carboxylic acids is 1. The molecule has 0 aliphatic rings. The van der Waals surface area contributed by atoms with Gasteiger partial charge in [-0.2, -0.15) is 23.8 Å². The molecule has 0 atom stereocenters. The number of azo groups is 2. The second-order valence-corrected chi connectivity index (χ2v) is 12.0. The first-order valence-electron chi connectivity index (χ1n) is 14.1. The summed E-state index contributed by atoms with van der Waals surface area (Å²) >= 11 is 0. The molecule has 0 radical (unpaired) electrons. The van der Waals surface area contributed by atoms with Crippen molar-refractivity contribution in [2.75, 3.05) is 11.9 Å². The normalized spacial score (nSPS) is 11.8. The molecule has 15 heteroatoms. The molecular weight excluding hydrogens is 642 g/mol. The third-order valence-corrected chi connectivity index (χ3v) is 8.11. The molecule has 0 saturated carbocycles. The lowest BCUT2D eigenvalue weighted by Gasteiger charge is -2.11. The summed E-state index contributed by atoms with van der Waals surface area (Å²) in [5.74, 6) is -3.30. The Labute approximate surface area is 273 Å². The quantitative estimate of drug-likeness (QED) is 0.0623. The van der Waals surface area contributed by atoms with Gasteiger partial charge >= 0.3 is 11.9 Å². The van der Waals surface area contributed by atoms with Gasteiger partial charge < -0.3 is 25.7 Å². The SMILES string of the molecule is Cc1cc(-c2ccc(N=Nc3c(S(=O)(=O)O)cc4cc(NCC(=O)O)ccc4c3O)c(C)c2)ccc1N=Nc1ccc(O)c(C(=O)O)c1. The molecule has 5 rings (SSSR count). The average Bonchev–Trinajstić information content (AvgIpc) is 3.03. The molecule has 0 spiro atoms. The monoisotopic (exact) mass is 669 g/mol. The summed E-state index contributed by atoms with van der Waals surface area (Å²) in [5, 5.41) is 58.3. The Morgan fingerprint density at radius 3 is 1.94 bits per heavy atom. The van der Waals surface area contributed by atoms with Crippen LogP contribution in [0.1, 0.15) is 21.5 Å². The minimum atomic E-state index is -4.85. The number of phenols is 2. The van der Waals surface area contributed by atoms with Gasteiger partial charge in [-0.3, -0.25) is 9.35 Å². The van der Waals surface area contributed by atoms with E-state index in [2.05, 4.69) is 25.8 Å². The summed E-state index contributed by atoms with van der Waals surface area (Å²) in [7, 11) is -4.85. The highest BCUT2D eigenvalue weighted by molar-refractivity contribution is 7.86. The van der Waals surface area contributed by atoms with Crippen LogP contribution in [0, 0.1) is 13.8 Å². The van der Waals surface area contributed by atoms with E-state index in [-0.39, 0.29) is 34.3 Å². The van der Waals surface area contributed by atoms with E-state index in [4.69, 9.17) is 5.11 Å². The highest BCUT2D eigenvalue weighted by Gasteiger charge is 2.22. The number of hydrogen-bond acceptors (Lipinski definition) is 11. The van der Waals surface area contributed by atoms with Crippen LogP contribution in [0.5, 0.6) is 11.5 Å². The highest BCUT2D eigenvalue weighted by Crippen LogP contribution is 2.42. The molecule has 0 heterocycles. The van der Waals surface area contributed by atoms with Crippen molar-refractivity contribution in [3.63, 3.8) is 0 Å². The van der Waals surface area contributed by atoms with Crippen LogP contribution in [0.3, 0.4) is 0 Å². The molecule has 0 unspecified atom stereocenters. The maximum atomic E-state index is 12.3. The number of carbonyl (C=O) groups is 2. The number of aromatic hydroxyl groups is 2. The van der Waals surface area contributed by atoms with Crippen LogP contribution in [0.25, 0.3) is 21.9 Å². The summed E-state index contributed by atoms with van der Waals surface area (Å²) in [6, 6.07) is 20.1. The van der Waals surface area contributed by atoms with Crippen LogP contribution >= 0.6 is 0 Å². The number of benzene rings is 5. The van der Waals surface area contributed by atoms with Gasteiger partial charge in [0.15, 0.2) is 5.75 Å². The van der Waals surface area contributed by atoms with Crippen molar-refractivity contribution in [2.24, 2.45) is 20.5 Å². The zero-order valence-electron chi connectivity index (χ0n) is 25.3. The van der Waals surface area contributed by atoms with E-state index < -0.39 is 38.4 Å². The fourth-order valence-corrected chi connectivity index (χ4v) is 5.46. The summed E-state index contributed by atoms with van der Waals surface area (Å²) in [6.07, 6.45) is 0. The molecule has 0 aliphatic carbocycles. The molecule has 0 aromatic heterocycles. The number of carboxylic acids is 2.